The number of rotatable bonds is 3. The highest BCUT2D eigenvalue weighted by molar-refractivity contribution is 7.26. The van der Waals surface area contributed by atoms with E-state index in [9.17, 15) is 0 Å². The molecule has 3 aromatic heterocycles. The second-order valence-corrected chi connectivity index (χ2v) is 12.8. The van der Waals surface area contributed by atoms with Crippen LogP contribution < -0.4 is 0 Å². The van der Waals surface area contributed by atoms with Gasteiger partial charge in [0, 0.05) is 31.1 Å². The molecule has 10 rings (SSSR count). The van der Waals surface area contributed by atoms with Crippen molar-refractivity contribution in [3.05, 3.63) is 146 Å². The molecule has 0 N–H and O–H groups in total. The fraction of sp³-hybridized carbons (Fsp3) is 0. The molecule has 0 fully saturated rings. The predicted molar refractivity (Wildman–Crippen MR) is 194 cm³/mol. The van der Waals surface area contributed by atoms with E-state index in [0.29, 0.717) is 5.71 Å². The summed E-state index contributed by atoms with van der Waals surface area (Å²) in [5, 5.41) is 8.38. The Labute approximate surface area is 268 Å². The third-order valence-electron chi connectivity index (χ3n) is 9.14. The van der Waals surface area contributed by atoms with Crippen LogP contribution in [0.2, 0.25) is 0 Å². The largest absolute Gasteiger partial charge is 0.436 e. The number of thiophene rings is 1. The first-order chi connectivity index (χ1) is 22.8. The van der Waals surface area contributed by atoms with Crippen LogP contribution in [-0.2, 0) is 0 Å². The van der Waals surface area contributed by atoms with Gasteiger partial charge >= 0.3 is 0 Å². The van der Waals surface area contributed by atoms with Gasteiger partial charge < -0.3 is 4.42 Å². The zero-order valence-corrected chi connectivity index (χ0v) is 25.4. The van der Waals surface area contributed by atoms with Crippen molar-refractivity contribution in [2.45, 2.75) is 0 Å². The molecule has 3 heterocycles. The van der Waals surface area contributed by atoms with Crippen LogP contribution in [0.25, 0.3) is 97.4 Å². The standard InChI is InChI=1S/C42H24N2OS/c1-2-12-29-28(9-1)23-35(32-14-4-3-13-31(29)32)37-24-43-42-40(44-37)36-22-26(19-20-38(36)45-42)25-10-7-11-27(21-25)30-16-8-17-34-33-15-5-6-18-39(33)46-41(30)34/h1-24H. The Morgan fingerprint density at radius 1 is 0.500 bits per heavy atom. The van der Waals surface area contributed by atoms with Crippen LogP contribution >= 0.6 is 11.3 Å². The summed E-state index contributed by atoms with van der Waals surface area (Å²) in [6.45, 7) is 0. The summed E-state index contributed by atoms with van der Waals surface area (Å²) in [6.07, 6.45) is 1.83. The van der Waals surface area contributed by atoms with Crippen molar-refractivity contribution < 1.29 is 4.42 Å². The van der Waals surface area contributed by atoms with E-state index in [1.54, 1.807) is 0 Å². The van der Waals surface area contributed by atoms with E-state index < -0.39 is 0 Å². The molecule has 214 valence electrons. The molecule has 46 heavy (non-hydrogen) atoms. The molecule has 0 spiro atoms. The minimum Gasteiger partial charge on any atom is -0.436 e. The number of hydrogen-bond acceptors (Lipinski definition) is 4. The third-order valence-corrected chi connectivity index (χ3v) is 10.4. The molecule has 0 aliphatic heterocycles. The average molecular weight is 605 g/mol. The van der Waals surface area contributed by atoms with E-state index in [2.05, 4.69) is 133 Å². The van der Waals surface area contributed by atoms with Crippen LogP contribution in [0.3, 0.4) is 0 Å². The summed E-state index contributed by atoms with van der Waals surface area (Å²) in [5.41, 5.74) is 8.73. The highest BCUT2D eigenvalue weighted by Crippen LogP contribution is 2.41. The van der Waals surface area contributed by atoms with Crippen molar-refractivity contribution in [1.29, 1.82) is 0 Å². The Morgan fingerprint density at radius 3 is 2.17 bits per heavy atom. The van der Waals surface area contributed by atoms with Gasteiger partial charge in [-0.25, -0.2) is 9.97 Å². The maximum atomic E-state index is 6.19. The lowest BCUT2D eigenvalue weighted by atomic mass is 9.96. The normalized spacial score (nSPS) is 11.9. The van der Waals surface area contributed by atoms with Crippen LogP contribution in [0.15, 0.2) is 150 Å². The molecule has 0 saturated carbocycles. The van der Waals surface area contributed by atoms with Crippen molar-refractivity contribution in [2.24, 2.45) is 0 Å². The minimum atomic E-state index is 0.547. The topological polar surface area (TPSA) is 38.9 Å². The summed E-state index contributed by atoms with van der Waals surface area (Å²) in [6, 6.07) is 49.8. The highest BCUT2D eigenvalue weighted by Gasteiger charge is 2.16. The summed E-state index contributed by atoms with van der Waals surface area (Å²) in [7, 11) is 0. The van der Waals surface area contributed by atoms with E-state index >= 15 is 0 Å². The van der Waals surface area contributed by atoms with Crippen LogP contribution in [0, 0.1) is 0 Å². The number of fused-ring (bicyclic) bond motifs is 9. The fourth-order valence-corrected chi connectivity index (χ4v) is 8.19. The minimum absolute atomic E-state index is 0.547. The molecule has 0 aliphatic carbocycles. The number of aromatic nitrogens is 2. The second-order valence-electron chi connectivity index (χ2n) is 11.8. The molecule has 4 heteroatoms. The molecule has 0 radical (unpaired) electrons. The SMILES string of the molecule is c1cc(-c2ccc3oc4ncc(-c5cc6ccccc6c6ccccc56)nc4c3c2)cc(-c2cccc3c2sc2ccccc23)c1. The maximum absolute atomic E-state index is 6.19. The van der Waals surface area contributed by atoms with Crippen molar-refractivity contribution in [3.63, 3.8) is 0 Å². The number of furan rings is 1. The lowest BCUT2D eigenvalue weighted by molar-refractivity contribution is 0.653. The monoisotopic (exact) mass is 604 g/mol. The summed E-state index contributed by atoms with van der Waals surface area (Å²) in [4.78, 5) is 9.95. The predicted octanol–water partition coefficient (Wildman–Crippen LogP) is 12.1. The fourth-order valence-electron chi connectivity index (χ4n) is 6.95. The van der Waals surface area contributed by atoms with Gasteiger partial charge in [0.25, 0.3) is 0 Å². The van der Waals surface area contributed by atoms with Gasteiger partial charge in [0.1, 0.15) is 11.1 Å². The van der Waals surface area contributed by atoms with Gasteiger partial charge in [0.2, 0.25) is 5.71 Å². The molecular weight excluding hydrogens is 581 g/mol. The third kappa shape index (κ3) is 3.84. The lowest BCUT2D eigenvalue weighted by Gasteiger charge is -2.10. The molecule has 3 nitrogen and oxygen atoms in total. The van der Waals surface area contributed by atoms with Gasteiger partial charge in [-0.05, 0) is 74.1 Å². The number of hydrogen-bond donors (Lipinski definition) is 0. The number of benzene rings is 7. The first-order valence-corrected chi connectivity index (χ1v) is 16.2. The Morgan fingerprint density at radius 2 is 1.24 bits per heavy atom. The van der Waals surface area contributed by atoms with Crippen molar-refractivity contribution in [1.82, 2.24) is 9.97 Å². The van der Waals surface area contributed by atoms with Crippen LogP contribution in [0.5, 0.6) is 0 Å². The van der Waals surface area contributed by atoms with Gasteiger partial charge in [-0.1, -0.05) is 109 Å². The van der Waals surface area contributed by atoms with Crippen molar-refractivity contribution >= 4 is 75.3 Å². The van der Waals surface area contributed by atoms with Gasteiger partial charge in [-0.3, -0.25) is 0 Å². The van der Waals surface area contributed by atoms with Gasteiger partial charge in [-0.15, -0.1) is 11.3 Å². The molecule has 0 bridgehead atoms. The van der Waals surface area contributed by atoms with Gasteiger partial charge in [0.15, 0.2) is 0 Å². The Hall–Kier alpha value is -5.84. The van der Waals surface area contributed by atoms with Crippen LogP contribution in [0.4, 0.5) is 0 Å². The van der Waals surface area contributed by atoms with E-state index in [4.69, 9.17) is 14.4 Å². The molecule has 0 saturated heterocycles. The zero-order valence-electron chi connectivity index (χ0n) is 24.6. The molecule has 0 unspecified atom stereocenters. The number of nitrogens with zero attached hydrogens (tertiary/aromatic N) is 2. The van der Waals surface area contributed by atoms with E-state index in [1.807, 2.05) is 23.6 Å². The highest BCUT2D eigenvalue weighted by atomic mass is 32.1. The molecular formula is C42H24N2OS. The first kappa shape index (κ1) is 25.5. The van der Waals surface area contributed by atoms with Crippen molar-refractivity contribution in [3.8, 4) is 33.5 Å². The molecule has 0 aliphatic rings. The smallest absolute Gasteiger partial charge is 0.246 e. The second kappa shape index (κ2) is 9.83. The molecule has 7 aromatic carbocycles. The Balaban J connectivity index is 1.12. The van der Waals surface area contributed by atoms with Crippen molar-refractivity contribution in [2.75, 3.05) is 0 Å². The molecule has 0 amide bonds. The van der Waals surface area contributed by atoms with E-state index in [1.165, 1.54) is 47.5 Å². The molecule has 10 aromatic rings. The van der Waals surface area contributed by atoms with Crippen LogP contribution in [0.1, 0.15) is 0 Å². The van der Waals surface area contributed by atoms with E-state index in [-0.39, 0.29) is 0 Å². The van der Waals surface area contributed by atoms with Gasteiger partial charge in [0.05, 0.1) is 11.9 Å². The quantitative estimate of drug-likeness (QED) is 0.188. The Bertz CT molecular complexity index is 2830. The van der Waals surface area contributed by atoms with Gasteiger partial charge in [-0.2, -0.15) is 0 Å². The summed E-state index contributed by atoms with van der Waals surface area (Å²) < 4.78 is 8.83. The van der Waals surface area contributed by atoms with Crippen LogP contribution in [-0.4, -0.2) is 9.97 Å². The average Bonchev–Trinajstić information content (AvgIpc) is 3.69. The lowest BCUT2D eigenvalue weighted by Crippen LogP contribution is -1.89. The Kier molecular flexibility index (Phi) is 5.45. The van der Waals surface area contributed by atoms with E-state index in [0.717, 1.165) is 44.3 Å². The summed E-state index contributed by atoms with van der Waals surface area (Å²) in [5.74, 6) is 0. The molecule has 0 atom stereocenters. The summed E-state index contributed by atoms with van der Waals surface area (Å²) >= 11 is 1.86. The maximum Gasteiger partial charge on any atom is 0.246 e. The first-order valence-electron chi connectivity index (χ1n) is 15.4. The zero-order chi connectivity index (χ0) is 30.2.